The highest BCUT2D eigenvalue weighted by Crippen LogP contribution is 2.25. The van der Waals surface area contributed by atoms with Gasteiger partial charge < -0.3 is 35.1 Å². The Morgan fingerprint density at radius 1 is 0.803 bits per heavy atom. The quantitative estimate of drug-likeness (QED) is 0.0641. The lowest BCUT2D eigenvalue weighted by Crippen LogP contribution is -2.38. The SMILES string of the molecule is Cc1ccc(C(=O)O)cc1-n1ncc(C(=O)c2cccc(OCCN3CCOCC3)c2)c1N.N#CC(=CNc1ccccc1)C(=O)c1cccc(OCCN2CCOCC2)c1. The Bertz CT molecular complexity index is 2350. The van der Waals surface area contributed by atoms with Crippen LogP contribution in [0.2, 0.25) is 0 Å². The number of para-hydroxylation sites is 1. The molecule has 0 unspecified atom stereocenters. The van der Waals surface area contributed by atoms with Crippen molar-refractivity contribution in [3.63, 3.8) is 0 Å². The molecule has 2 aliphatic heterocycles. The summed E-state index contributed by atoms with van der Waals surface area (Å²) in [6.45, 7) is 11.0. The van der Waals surface area contributed by atoms with Crippen molar-refractivity contribution in [2.75, 3.05) is 90.0 Å². The van der Waals surface area contributed by atoms with Crippen molar-refractivity contribution >= 4 is 29.0 Å². The molecule has 15 nitrogen and oxygen atoms in total. The molecular weight excluding hydrogens is 779 g/mol. The molecule has 0 bridgehead atoms. The third-order valence-electron chi connectivity index (χ3n) is 10.0. The van der Waals surface area contributed by atoms with E-state index in [0.29, 0.717) is 41.5 Å². The van der Waals surface area contributed by atoms with E-state index in [1.54, 1.807) is 42.5 Å². The minimum atomic E-state index is -1.05. The summed E-state index contributed by atoms with van der Waals surface area (Å²) >= 11 is 0. The Kier molecular flexibility index (Phi) is 15.7. The van der Waals surface area contributed by atoms with E-state index in [9.17, 15) is 24.8 Å². The topological polar surface area (TPSA) is 194 Å². The number of hydrogen-bond acceptors (Lipinski definition) is 13. The number of aromatic carboxylic acids is 1. The van der Waals surface area contributed by atoms with Gasteiger partial charge in [0.25, 0.3) is 0 Å². The Morgan fingerprint density at radius 3 is 1.98 bits per heavy atom. The van der Waals surface area contributed by atoms with E-state index >= 15 is 0 Å². The molecule has 1 aromatic heterocycles. The van der Waals surface area contributed by atoms with Gasteiger partial charge in [-0.1, -0.05) is 48.5 Å². The number of benzene rings is 4. The average molecular weight is 828 g/mol. The summed E-state index contributed by atoms with van der Waals surface area (Å²) in [6.07, 6.45) is 2.83. The number of aryl methyl sites for hydroxylation is 1. The van der Waals surface area contributed by atoms with Gasteiger partial charge in [-0.2, -0.15) is 10.4 Å². The van der Waals surface area contributed by atoms with Crippen LogP contribution in [0.15, 0.2) is 115 Å². The van der Waals surface area contributed by atoms with Gasteiger partial charge in [-0.25, -0.2) is 9.48 Å². The predicted octanol–water partition coefficient (Wildman–Crippen LogP) is 5.50. The largest absolute Gasteiger partial charge is 0.492 e. The number of carbonyl (C=O) groups is 3. The van der Waals surface area contributed by atoms with Crippen LogP contribution in [-0.4, -0.2) is 121 Å². The van der Waals surface area contributed by atoms with Crippen LogP contribution >= 0.6 is 0 Å². The van der Waals surface area contributed by atoms with Gasteiger partial charge in [-0.05, 0) is 61.0 Å². The van der Waals surface area contributed by atoms with Crippen LogP contribution in [0.1, 0.15) is 42.2 Å². The predicted molar refractivity (Wildman–Crippen MR) is 230 cm³/mol. The molecule has 0 aliphatic carbocycles. The zero-order valence-corrected chi connectivity index (χ0v) is 34.0. The van der Waals surface area contributed by atoms with Gasteiger partial charge >= 0.3 is 5.97 Å². The first-order chi connectivity index (χ1) is 29.7. The number of nitrogens with two attached hydrogens (primary N) is 1. The van der Waals surface area contributed by atoms with Crippen LogP contribution in [0.4, 0.5) is 11.5 Å². The fourth-order valence-corrected chi connectivity index (χ4v) is 6.53. The molecule has 4 N–H and O–H groups in total. The standard InChI is InChI=1S/C24H26N4O5.C22H23N3O3/c1-16-5-6-18(24(30)31)14-21(16)28-23(25)20(15-26-28)22(29)17-3-2-4-19(13-17)33-12-9-27-7-10-32-11-8-27;23-16-19(17-24-20-6-2-1-3-7-20)22(26)18-5-4-8-21(15-18)28-14-11-25-9-12-27-13-10-25/h2-6,13-15H,7-12,25H2,1H3,(H,30,31);1-8,15,17,24H,9-14H2. The molecule has 61 heavy (non-hydrogen) atoms. The summed E-state index contributed by atoms with van der Waals surface area (Å²) in [5.74, 6) is -0.320. The second-order valence-corrected chi connectivity index (χ2v) is 14.2. The number of carboxylic acid groups (broad SMARTS) is 1. The first-order valence-corrected chi connectivity index (χ1v) is 19.9. The van der Waals surface area contributed by atoms with E-state index in [4.69, 9.17) is 24.7 Å². The maximum atomic E-state index is 13.1. The van der Waals surface area contributed by atoms with Gasteiger partial charge in [0, 0.05) is 62.3 Å². The number of ether oxygens (including phenoxy) is 4. The highest BCUT2D eigenvalue weighted by Gasteiger charge is 2.20. The van der Waals surface area contributed by atoms with E-state index < -0.39 is 5.97 Å². The number of carboxylic acids is 1. The summed E-state index contributed by atoms with van der Waals surface area (Å²) in [5, 5.41) is 25.9. The molecule has 0 saturated carbocycles. The molecule has 3 heterocycles. The number of nitriles is 1. The monoisotopic (exact) mass is 827 g/mol. The van der Waals surface area contributed by atoms with Gasteiger partial charge in [0.15, 0.2) is 5.78 Å². The second kappa shape index (κ2) is 22.0. The number of morpholine rings is 2. The maximum absolute atomic E-state index is 13.1. The summed E-state index contributed by atoms with van der Waals surface area (Å²) in [5.41, 5.74) is 9.59. The molecule has 0 amide bonds. The molecule has 4 aromatic carbocycles. The Hall–Kier alpha value is -6.83. The number of ketones is 2. The summed E-state index contributed by atoms with van der Waals surface area (Å²) in [7, 11) is 0. The van der Waals surface area contributed by atoms with Crippen molar-refractivity contribution in [1.82, 2.24) is 19.6 Å². The van der Waals surface area contributed by atoms with Crippen molar-refractivity contribution in [1.29, 1.82) is 5.26 Å². The fourth-order valence-electron chi connectivity index (χ4n) is 6.53. The lowest BCUT2D eigenvalue weighted by molar-refractivity contribution is 0.0321. The zero-order valence-electron chi connectivity index (χ0n) is 34.0. The second-order valence-electron chi connectivity index (χ2n) is 14.2. The Morgan fingerprint density at radius 2 is 1.39 bits per heavy atom. The van der Waals surface area contributed by atoms with E-state index in [1.807, 2.05) is 55.5 Å². The minimum Gasteiger partial charge on any atom is -0.492 e. The van der Waals surface area contributed by atoms with E-state index in [1.165, 1.54) is 29.2 Å². The molecule has 0 spiro atoms. The number of aromatic nitrogens is 2. The third kappa shape index (κ3) is 12.4. The first kappa shape index (κ1) is 43.7. The normalized spacial score (nSPS) is 14.5. The number of nitrogen functional groups attached to an aromatic ring is 1. The van der Waals surface area contributed by atoms with E-state index in [2.05, 4.69) is 20.2 Å². The maximum Gasteiger partial charge on any atom is 0.335 e. The summed E-state index contributed by atoms with van der Waals surface area (Å²) in [4.78, 5) is 41.7. The highest BCUT2D eigenvalue weighted by atomic mass is 16.5. The van der Waals surface area contributed by atoms with Crippen LogP contribution in [0, 0.1) is 18.3 Å². The van der Waals surface area contributed by atoms with Gasteiger partial charge in [-0.3, -0.25) is 19.4 Å². The number of hydrogen-bond donors (Lipinski definition) is 3. The van der Waals surface area contributed by atoms with Crippen molar-refractivity contribution < 1.29 is 38.4 Å². The number of rotatable bonds is 16. The van der Waals surface area contributed by atoms with E-state index in [0.717, 1.165) is 76.9 Å². The molecule has 316 valence electrons. The smallest absolute Gasteiger partial charge is 0.335 e. The van der Waals surface area contributed by atoms with Crippen LogP contribution in [0.5, 0.6) is 11.5 Å². The molecule has 2 aliphatic rings. The van der Waals surface area contributed by atoms with E-state index in [-0.39, 0.29) is 34.1 Å². The molecule has 2 fully saturated rings. The number of anilines is 2. The summed E-state index contributed by atoms with van der Waals surface area (Å²) in [6, 6.07) is 29.9. The number of allylic oxidation sites excluding steroid dienone is 1. The number of carbonyl (C=O) groups excluding carboxylic acids is 2. The highest BCUT2D eigenvalue weighted by molar-refractivity contribution is 6.12. The molecule has 7 rings (SSSR count). The third-order valence-corrected chi connectivity index (χ3v) is 10.0. The Balaban J connectivity index is 0.000000207. The summed E-state index contributed by atoms with van der Waals surface area (Å²) < 4.78 is 23.7. The van der Waals surface area contributed by atoms with Crippen LogP contribution in [0.3, 0.4) is 0 Å². The van der Waals surface area contributed by atoms with Crippen molar-refractivity contribution in [3.8, 4) is 23.3 Å². The van der Waals surface area contributed by atoms with Crippen molar-refractivity contribution in [2.45, 2.75) is 6.92 Å². The molecular formula is C46H49N7O8. The van der Waals surface area contributed by atoms with Crippen molar-refractivity contribution in [3.05, 3.63) is 143 Å². The number of nitrogens with zero attached hydrogens (tertiary/aromatic N) is 5. The molecule has 5 aromatic rings. The molecule has 0 radical (unpaired) electrons. The number of nitrogens with one attached hydrogen (secondary N) is 1. The fraction of sp³-hybridized carbons (Fsp3) is 0.283. The Labute approximate surface area is 354 Å². The zero-order chi connectivity index (χ0) is 43.0. The number of Topliss-reactive ketones (excluding diaryl/α,β-unsaturated/α-hetero) is 1. The lowest BCUT2D eigenvalue weighted by Gasteiger charge is -2.26. The van der Waals surface area contributed by atoms with Crippen LogP contribution in [-0.2, 0) is 9.47 Å². The van der Waals surface area contributed by atoms with Gasteiger partial charge in [0.05, 0.1) is 49.4 Å². The van der Waals surface area contributed by atoms with Crippen molar-refractivity contribution in [2.24, 2.45) is 0 Å². The molecule has 15 heteroatoms. The van der Waals surface area contributed by atoms with Gasteiger partial charge in [-0.15, -0.1) is 0 Å². The lowest BCUT2D eigenvalue weighted by atomic mass is 10.0. The average Bonchev–Trinajstić information content (AvgIpc) is 3.68. The first-order valence-electron chi connectivity index (χ1n) is 19.9. The van der Waals surface area contributed by atoms with Gasteiger partial charge in [0.1, 0.15) is 42.2 Å². The molecule has 2 saturated heterocycles. The van der Waals surface area contributed by atoms with Crippen LogP contribution in [0.25, 0.3) is 5.69 Å². The molecule has 0 atom stereocenters. The van der Waals surface area contributed by atoms with Crippen LogP contribution < -0.4 is 20.5 Å². The minimum absolute atomic E-state index is 0.0364. The van der Waals surface area contributed by atoms with Gasteiger partial charge in [0.2, 0.25) is 5.78 Å².